The summed E-state index contributed by atoms with van der Waals surface area (Å²) in [6, 6.07) is 3.87. The van der Waals surface area contributed by atoms with Crippen molar-refractivity contribution in [1.82, 2.24) is 0 Å². The molecule has 1 N–H and O–H groups in total. The van der Waals surface area contributed by atoms with Crippen LogP contribution >= 0.6 is 0 Å². The highest BCUT2D eigenvalue weighted by Gasteiger charge is 2.54. The highest BCUT2D eigenvalue weighted by Crippen LogP contribution is 2.60. The van der Waals surface area contributed by atoms with E-state index in [1.807, 2.05) is 12.1 Å². The number of nitrogens with one attached hydrogen (secondary N) is 1. The molecule has 6 heteroatoms. The summed E-state index contributed by atoms with van der Waals surface area (Å²) >= 11 is 0. The number of benzene rings is 1. The van der Waals surface area contributed by atoms with Crippen molar-refractivity contribution in [2.75, 3.05) is 4.72 Å². The molecule has 0 aromatic heterocycles. The van der Waals surface area contributed by atoms with Gasteiger partial charge >= 0.3 is 10.3 Å². The van der Waals surface area contributed by atoms with Gasteiger partial charge in [0.2, 0.25) is 0 Å². The number of Topliss-reactive ketones (excluding diaryl/α,β-unsaturated/α-hetero) is 1. The Morgan fingerprint density at radius 1 is 1.21 bits per heavy atom. The van der Waals surface area contributed by atoms with Crippen molar-refractivity contribution in [3.63, 3.8) is 0 Å². The molecule has 2 fully saturated rings. The second-order valence-corrected chi connectivity index (χ2v) is 9.30. The van der Waals surface area contributed by atoms with Crippen LogP contribution in [-0.2, 0) is 21.5 Å². The van der Waals surface area contributed by atoms with E-state index in [9.17, 15) is 13.2 Å². The van der Waals surface area contributed by atoms with Crippen LogP contribution in [0.2, 0.25) is 0 Å². The van der Waals surface area contributed by atoms with Crippen LogP contribution in [0.15, 0.2) is 12.1 Å². The van der Waals surface area contributed by atoms with E-state index in [0.717, 1.165) is 38.5 Å². The number of aryl methyl sites for hydroxylation is 1. The molecule has 24 heavy (non-hydrogen) atoms. The van der Waals surface area contributed by atoms with Gasteiger partial charge in [0.25, 0.3) is 0 Å². The lowest BCUT2D eigenvalue weighted by molar-refractivity contribution is -0.129. The normalized spacial score (nSPS) is 38.4. The van der Waals surface area contributed by atoms with Gasteiger partial charge in [0.1, 0.15) is 5.78 Å². The van der Waals surface area contributed by atoms with E-state index < -0.39 is 10.3 Å². The van der Waals surface area contributed by atoms with Gasteiger partial charge in [-0.25, -0.2) is 4.72 Å². The van der Waals surface area contributed by atoms with E-state index in [2.05, 4.69) is 11.6 Å². The third-order valence-electron chi connectivity index (χ3n) is 6.97. The van der Waals surface area contributed by atoms with Crippen LogP contribution in [0.3, 0.4) is 0 Å². The molecule has 4 aliphatic rings. The molecule has 0 bridgehead atoms. The lowest BCUT2D eigenvalue weighted by Crippen LogP contribution is -2.42. The molecule has 0 amide bonds. The minimum atomic E-state index is -3.69. The third-order valence-corrected chi connectivity index (χ3v) is 7.84. The van der Waals surface area contributed by atoms with Crippen molar-refractivity contribution >= 4 is 21.8 Å². The zero-order chi connectivity index (χ0) is 16.7. The average molecular weight is 347 g/mol. The zero-order valence-corrected chi connectivity index (χ0v) is 14.5. The van der Waals surface area contributed by atoms with Crippen LogP contribution in [0.5, 0.6) is 5.75 Å². The molecule has 0 saturated heterocycles. The quantitative estimate of drug-likeness (QED) is 0.782. The Morgan fingerprint density at radius 3 is 2.88 bits per heavy atom. The van der Waals surface area contributed by atoms with Gasteiger partial charge in [-0.3, -0.25) is 4.79 Å². The number of carbonyl (C=O) groups is 1. The molecule has 0 spiro atoms. The predicted molar refractivity (Wildman–Crippen MR) is 89.2 cm³/mol. The fourth-order valence-electron chi connectivity index (χ4n) is 5.79. The van der Waals surface area contributed by atoms with E-state index in [0.29, 0.717) is 35.0 Å². The van der Waals surface area contributed by atoms with Crippen LogP contribution in [0, 0.1) is 17.3 Å². The molecule has 1 aromatic rings. The molecule has 5 nitrogen and oxygen atoms in total. The summed E-state index contributed by atoms with van der Waals surface area (Å²) in [4.78, 5) is 12.4. The number of fused-ring (bicyclic) bond motifs is 6. The Labute approximate surface area is 142 Å². The first-order chi connectivity index (χ1) is 11.4. The lowest BCUT2D eigenvalue weighted by atomic mass is 9.55. The summed E-state index contributed by atoms with van der Waals surface area (Å²) in [5.74, 6) is 2.33. The fourth-order valence-corrected chi connectivity index (χ4v) is 6.64. The summed E-state index contributed by atoms with van der Waals surface area (Å²) in [6.45, 7) is 2.17. The minimum absolute atomic E-state index is 0.125. The monoisotopic (exact) mass is 347 g/mol. The largest absolute Gasteiger partial charge is 0.407 e. The van der Waals surface area contributed by atoms with Gasteiger partial charge in [-0.05, 0) is 73.1 Å². The molecule has 2 saturated carbocycles. The van der Waals surface area contributed by atoms with Gasteiger partial charge in [0.15, 0.2) is 5.75 Å². The topological polar surface area (TPSA) is 72.5 Å². The number of hydrogen-bond acceptors (Lipinski definition) is 4. The number of anilines is 1. The van der Waals surface area contributed by atoms with Crippen molar-refractivity contribution in [1.29, 1.82) is 0 Å². The summed E-state index contributed by atoms with van der Waals surface area (Å²) in [7, 11) is -3.69. The van der Waals surface area contributed by atoms with E-state index in [4.69, 9.17) is 4.18 Å². The zero-order valence-electron chi connectivity index (χ0n) is 13.7. The van der Waals surface area contributed by atoms with Crippen LogP contribution in [0.25, 0.3) is 0 Å². The molecule has 1 aromatic carbocycles. The molecule has 0 radical (unpaired) electrons. The Bertz CT molecular complexity index is 862. The first kappa shape index (κ1) is 14.8. The highest BCUT2D eigenvalue weighted by molar-refractivity contribution is 7.88. The Morgan fingerprint density at radius 2 is 2.04 bits per heavy atom. The van der Waals surface area contributed by atoms with Crippen molar-refractivity contribution < 1.29 is 17.4 Å². The number of carbonyl (C=O) groups excluding carboxylic acids is 1. The minimum Gasteiger partial charge on any atom is -0.365 e. The van der Waals surface area contributed by atoms with Gasteiger partial charge < -0.3 is 4.18 Å². The van der Waals surface area contributed by atoms with Crippen LogP contribution in [-0.4, -0.2) is 14.2 Å². The number of ketones is 1. The van der Waals surface area contributed by atoms with Gasteiger partial charge in [-0.15, -0.1) is 0 Å². The Kier molecular flexibility index (Phi) is 2.79. The van der Waals surface area contributed by atoms with Crippen molar-refractivity contribution in [2.45, 2.75) is 51.4 Å². The smallest absolute Gasteiger partial charge is 0.365 e. The second-order valence-electron chi connectivity index (χ2n) is 8.02. The summed E-state index contributed by atoms with van der Waals surface area (Å²) < 4.78 is 30.8. The first-order valence-electron chi connectivity index (χ1n) is 8.80. The predicted octanol–water partition coefficient (Wildman–Crippen LogP) is 3.16. The number of hydrogen-bond donors (Lipinski definition) is 1. The van der Waals surface area contributed by atoms with Crippen molar-refractivity contribution in [3.8, 4) is 5.75 Å². The summed E-state index contributed by atoms with van der Waals surface area (Å²) in [6.07, 6.45) is 5.75. The van der Waals surface area contributed by atoms with Crippen molar-refractivity contribution in [3.05, 3.63) is 23.3 Å². The van der Waals surface area contributed by atoms with E-state index >= 15 is 0 Å². The standard InChI is InChI=1S/C18H21NO4S/c1-18-7-6-11-12(14(18)4-5-17(18)20)3-2-10-8-16-15(9-13(10)11)19-24(21,22)23-16/h8-9,11-12,14,19H,2-7H2,1H3/t11?,12?,14?,18-/m0/s1. The molecular formula is C18H21NO4S. The summed E-state index contributed by atoms with van der Waals surface area (Å²) in [5.41, 5.74) is 2.91. The Hall–Kier alpha value is -1.56. The lowest BCUT2D eigenvalue weighted by Gasteiger charge is -2.48. The van der Waals surface area contributed by atoms with Gasteiger partial charge in [-0.1, -0.05) is 6.92 Å². The Balaban J connectivity index is 1.55. The fraction of sp³-hybridized carbons (Fsp3) is 0.611. The maximum atomic E-state index is 12.4. The van der Waals surface area contributed by atoms with Gasteiger partial charge in [0.05, 0.1) is 5.69 Å². The second kappa shape index (κ2) is 4.54. The van der Waals surface area contributed by atoms with Crippen LogP contribution in [0.1, 0.15) is 56.1 Å². The summed E-state index contributed by atoms with van der Waals surface area (Å²) in [5, 5.41) is 0. The van der Waals surface area contributed by atoms with Crippen LogP contribution in [0.4, 0.5) is 5.69 Å². The first-order valence-corrected chi connectivity index (χ1v) is 10.2. The SMILES string of the molecule is C[C@]12CCC3c4cc5c(cc4CCC3C1CCC2=O)OS(=O)(=O)N5. The third kappa shape index (κ3) is 1.86. The number of rotatable bonds is 0. The molecule has 3 unspecified atom stereocenters. The molecule has 5 rings (SSSR count). The maximum absolute atomic E-state index is 12.4. The molecule has 3 aliphatic carbocycles. The van der Waals surface area contributed by atoms with E-state index in [-0.39, 0.29) is 5.41 Å². The molecule has 1 heterocycles. The molecule has 128 valence electrons. The molecule has 1 aliphatic heterocycles. The highest BCUT2D eigenvalue weighted by atomic mass is 32.2. The van der Waals surface area contributed by atoms with Gasteiger partial charge in [-0.2, -0.15) is 8.42 Å². The van der Waals surface area contributed by atoms with Gasteiger partial charge in [0, 0.05) is 11.8 Å². The van der Waals surface area contributed by atoms with Crippen molar-refractivity contribution in [2.24, 2.45) is 17.3 Å². The molecule has 4 atom stereocenters. The van der Waals surface area contributed by atoms with E-state index in [1.54, 1.807) is 0 Å². The van der Waals surface area contributed by atoms with Crippen LogP contribution < -0.4 is 8.91 Å². The maximum Gasteiger partial charge on any atom is 0.407 e. The van der Waals surface area contributed by atoms with E-state index in [1.165, 1.54) is 11.1 Å². The molecular weight excluding hydrogens is 326 g/mol. The average Bonchev–Trinajstić information content (AvgIpc) is 2.99.